The van der Waals surface area contributed by atoms with Crippen molar-refractivity contribution in [1.29, 1.82) is 0 Å². The van der Waals surface area contributed by atoms with Crippen LogP contribution in [0.15, 0.2) is 21.8 Å². The first kappa shape index (κ1) is 24.0. The van der Waals surface area contributed by atoms with Crippen molar-refractivity contribution in [3.05, 3.63) is 22.3 Å². The first-order valence-electron chi connectivity index (χ1n) is 10.0. The Kier molecular flexibility index (Phi) is 6.77. The van der Waals surface area contributed by atoms with Crippen LogP contribution in [0.4, 0.5) is 5.13 Å². The zero-order valence-corrected chi connectivity index (χ0v) is 19.7. The number of amides is 2. The van der Waals surface area contributed by atoms with Gasteiger partial charge in [0.2, 0.25) is 0 Å². The van der Waals surface area contributed by atoms with Gasteiger partial charge in [-0.25, -0.2) is 14.6 Å². The van der Waals surface area contributed by atoms with Gasteiger partial charge >= 0.3 is 11.9 Å². The summed E-state index contributed by atoms with van der Waals surface area (Å²) in [6, 6.07) is -0.973. The number of aromatic nitrogens is 1. The second-order valence-electron chi connectivity index (χ2n) is 7.45. The number of carboxylic acids is 1. The van der Waals surface area contributed by atoms with Gasteiger partial charge in [-0.3, -0.25) is 14.5 Å². The maximum atomic E-state index is 12.9. The number of nitrogens with zero attached hydrogens (tertiary/aromatic N) is 3. The number of rotatable bonds is 7. The molecule has 15 heteroatoms. The molecule has 4 rings (SSSR count). The molecule has 3 aliphatic rings. The average molecular weight is 512 g/mol. The number of aliphatic carboxylic acids is 1. The number of fused-ring (bicyclic) bond motifs is 1. The van der Waals surface area contributed by atoms with E-state index < -0.39 is 47.4 Å². The van der Waals surface area contributed by atoms with Crippen LogP contribution in [0, 0.1) is 0 Å². The van der Waals surface area contributed by atoms with Crippen molar-refractivity contribution < 1.29 is 38.6 Å². The number of esters is 1. The number of carbonyl (C=O) groups is 4. The second kappa shape index (κ2) is 9.60. The van der Waals surface area contributed by atoms with Crippen LogP contribution in [0.2, 0.25) is 0 Å². The fourth-order valence-electron chi connectivity index (χ4n) is 3.99. The van der Waals surface area contributed by atoms with Crippen molar-refractivity contribution >= 4 is 57.7 Å². The number of anilines is 1. The maximum Gasteiger partial charge on any atom is 0.352 e. The highest BCUT2D eigenvalue weighted by molar-refractivity contribution is 8.00. The highest BCUT2D eigenvalue weighted by atomic mass is 32.2. The molecular weight excluding hydrogens is 490 g/mol. The highest BCUT2D eigenvalue weighted by Gasteiger charge is 2.55. The van der Waals surface area contributed by atoms with Crippen LogP contribution >= 0.6 is 23.1 Å². The number of carbonyl (C=O) groups excluding carboxylic acids is 3. The molecule has 4 N–H and O–H groups in total. The number of thiazole rings is 1. The minimum atomic E-state index is -1.29. The lowest BCUT2D eigenvalue weighted by Gasteiger charge is -2.49. The summed E-state index contributed by atoms with van der Waals surface area (Å²) in [4.78, 5) is 59.5. The number of carboxylic acid groups (broad SMARTS) is 1. The third-order valence-corrected chi connectivity index (χ3v) is 7.50. The Morgan fingerprint density at radius 1 is 1.35 bits per heavy atom. The molecule has 0 spiro atoms. The predicted octanol–water partition coefficient (Wildman–Crippen LogP) is -0.465. The standard InChI is InChI=1S/C19H21N5O8S2/c1-30-18(29)10-4-3-9(32-10)7-5-33-16-12(15(26)24(16)13(7)17(27)28)22-14(25)11(23-31-2)8-6-34-19(20)21-8/h6,9-10,12,16H,3-5H2,1-2H3,(H2,20,21)(H,22,25)(H,27,28)/t9-,10-,12+,16+/m0/s1. The minimum Gasteiger partial charge on any atom is -0.477 e. The van der Waals surface area contributed by atoms with Gasteiger partial charge in [-0.2, -0.15) is 0 Å². The number of nitrogen functional groups attached to an aromatic ring is 1. The highest BCUT2D eigenvalue weighted by Crippen LogP contribution is 2.43. The summed E-state index contributed by atoms with van der Waals surface area (Å²) in [6.07, 6.45) is -0.595. The number of thioether (sulfide) groups is 1. The molecule has 2 fully saturated rings. The molecule has 0 saturated carbocycles. The number of nitrogens with two attached hydrogens (primary N) is 1. The molecular formula is C19H21N5O8S2. The number of β-lactam (4-membered cyclic amide) rings is 1. The molecule has 4 heterocycles. The van der Waals surface area contributed by atoms with E-state index in [-0.39, 0.29) is 28.0 Å². The lowest BCUT2D eigenvalue weighted by molar-refractivity contribution is -0.153. The van der Waals surface area contributed by atoms with Crippen LogP contribution in [-0.2, 0) is 33.5 Å². The van der Waals surface area contributed by atoms with Crippen molar-refractivity contribution in [1.82, 2.24) is 15.2 Å². The minimum absolute atomic E-state index is 0.162. The Balaban J connectivity index is 1.51. The molecule has 34 heavy (non-hydrogen) atoms. The van der Waals surface area contributed by atoms with Crippen LogP contribution in [-0.4, -0.2) is 88.1 Å². The zero-order chi connectivity index (χ0) is 24.6. The summed E-state index contributed by atoms with van der Waals surface area (Å²) in [6.45, 7) is 0. The number of oxime groups is 1. The van der Waals surface area contributed by atoms with Gasteiger partial charge < -0.3 is 30.5 Å². The van der Waals surface area contributed by atoms with E-state index in [1.807, 2.05) is 0 Å². The van der Waals surface area contributed by atoms with Crippen LogP contribution in [0.25, 0.3) is 0 Å². The van der Waals surface area contributed by atoms with E-state index in [1.54, 1.807) is 0 Å². The van der Waals surface area contributed by atoms with Crippen LogP contribution in [0.1, 0.15) is 18.5 Å². The molecule has 1 aromatic rings. The molecule has 0 radical (unpaired) electrons. The SMILES string of the molecule is CON=C(C(=O)N[C@@H]1C(=O)N2C(C(=O)O)=C([C@@H]3CC[C@@H](C(=O)OC)O3)CS[C@H]12)c1csc(N)n1. The molecule has 2 saturated heterocycles. The number of hydrogen-bond donors (Lipinski definition) is 3. The topological polar surface area (TPSA) is 183 Å². The molecule has 0 bridgehead atoms. The number of hydrogen-bond acceptors (Lipinski definition) is 12. The van der Waals surface area contributed by atoms with Crippen LogP contribution in [0.5, 0.6) is 0 Å². The molecule has 3 aliphatic heterocycles. The number of methoxy groups -OCH3 is 1. The third-order valence-electron chi connectivity index (χ3n) is 5.52. The van der Waals surface area contributed by atoms with E-state index in [2.05, 4.69) is 15.5 Å². The number of ether oxygens (including phenoxy) is 2. The summed E-state index contributed by atoms with van der Waals surface area (Å²) in [5, 5.41) is 17.3. The van der Waals surface area contributed by atoms with Crippen molar-refractivity contribution in [2.45, 2.75) is 36.5 Å². The molecule has 4 atom stereocenters. The maximum absolute atomic E-state index is 12.9. The van der Waals surface area contributed by atoms with Gasteiger partial charge in [0, 0.05) is 11.1 Å². The summed E-state index contributed by atoms with van der Waals surface area (Å²) < 4.78 is 10.4. The molecule has 0 aliphatic carbocycles. The fourth-order valence-corrected chi connectivity index (χ4v) is 5.95. The summed E-state index contributed by atoms with van der Waals surface area (Å²) in [5.74, 6) is -2.86. The van der Waals surface area contributed by atoms with Crippen molar-refractivity contribution in [3.63, 3.8) is 0 Å². The quantitative estimate of drug-likeness (QED) is 0.186. The van der Waals surface area contributed by atoms with Gasteiger partial charge in [-0.1, -0.05) is 5.16 Å². The Labute approximate surface area is 201 Å². The van der Waals surface area contributed by atoms with Gasteiger partial charge in [0.05, 0.1) is 13.2 Å². The second-order valence-corrected chi connectivity index (χ2v) is 9.44. The fraction of sp³-hybridized carbons (Fsp3) is 0.474. The van der Waals surface area contributed by atoms with Crippen molar-refractivity contribution in [2.75, 3.05) is 25.7 Å². The molecule has 1 aromatic heterocycles. The normalized spacial score (nSPS) is 26.6. The Bertz CT molecular complexity index is 1100. The molecule has 182 valence electrons. The summed E-state index contributed by atoms with van der Waals surface area (Å²) in [5.41, 5.74) is 5.88. The zero-order valence-electron chi connectivity index (χ0n) is 18.0. The van der Waals surface area contributed by atoms with Crippen molar-refractivity contribution in [2.24, 2.45) is 5.16 Å². The van der Waals surface area contributed by atoms with Gasteiger partial charge in [0.1, 0.15) is 29.9 Å². The molecule has 13 nitrogen and oxygen atoms in total. The van der Waals surface area contributed by atoms with E-state index in [0.717, 1.165) is 16.2 Å². The van der Waals surface area contributed by atoms with Gasteiger partial charge in [-0.15, -0.1) is 23.1 Å². The molecule has 0 aromatic carbocycles. The molecule has 0 unspecified atom stereocenters. The van der Waals surface area contributed by atoms with Crippen LogP contribution < -0.4 is 11.1 Å². The summed E-state index contributed by atoms with van der Waals surface area (Å²) >= 11 is 2.40. The smallest absolute Gasteiger partial charge is 0.352 e. The lowest BCUT2D eigenvalue weighted by atomic mass is 9.99. The summed E-state index contributed by atoms with van der Waals surface area (Å²) in [7, 11) is 2.51. The van der Waals surface area contributed by atoms with E-state index in [4.69, 9.17) is 20.0 Å². The van der Waals surface area contributed by atoms with Gasteiger partial charge in [0.25, 0.3) is 11.8 Å². The first-order valence-corrected chi connectivity index (χ1v) is 12.0. The molecule has 2 amide bonds. The van der Waals surface area contributed by atoms with Crippen molar-refractivity contribution in [3.8, 4) is 0 Å². The largest absolute Gasteiger partial charge is 0.477 e. The van der Waals surface area contributed by atoms with Gasteiger partial charge in [0.15, 0.2) is 16.9 Å². The van der Waals surface area contributed by atoms with E-state index in [1.165, 1.54) is 31.4 Å². The third kappa shape index (κ3) is 4.21. The van der Waals surface area contributed by atoms with Crippen LogP contribution in [0.3, 0.4) is 0 Å². The average Bonchev–Trinajstić information content (AvgIpc) is 3.48. The Hall–Kier alpha value is -3.17. The predicted molar refractivity (Wildman–Crippen MR) is 120 cm³/mol. The van der Waals surface area contributed by atoms with E-state index >= 15 is 0 Å². The van der Waals surface area contributed by atoms with E-state index in [9.17, 15) is 24.3 Å². The Morgan fingerprint density at radius 2 is 2.12 bits per heavy atom. The first-order chi connectivity index (χ1) is 16.3. The monoisotopic (exact) mass is 511 g/mol. The Morgan fingerprint density at radius 3 is 2.74 bits per heavy atom. The van der Waals surface area contributed by atoms with Gasteiger partial charge in [-0.05, 0) is 18.4 Å². The van der Waals surface area contributed by atoms with E-state index in [0.29, 0.717) is 18.4 Å². The number of nitrogens with one attached hydrogen (secondary N) is 1. The lowest BCUT2D eigenvalue weighted by Crippen LogP contribution is -2.71.